The van der Waals surface area contributed by atoms with Crippen LogP contribution in [0.3, 0.4) is 0 Å². The molecule has 34 heavy (non-hydrogen) atoms. The van der Waals surface area contributed by atoms with Crippen molar-refractivity contribution in [1.29, 1.82) is 0 Å². The van der Waals surface area contributed by atoms with Crippen molar-refractivity contribution < 1.29 is 23.7 Å². The number of ether oxygens (including phenoxy) is 4. The Morgan fingerprint density at radius 2 is 1.76 bits per heavy atom. The molecule has 3 aromatic rings. The lowest BCUT2D eigenvalue weighted by Crippen LogP contribution is -2.51. The van der Waals surface area contributed by atoms with Crippen LogP contribution < -0.4 is 14.8 Å². The van der Waals surface area contributed by atoms with E-state index < -0.39 is 23.8 Å². The van der Waals surface area contributed by atoms with Crippen LogP contribution in [0.5, 0.6) is 11.5 Å². The molecule has 1 aliphatic heterocycles. The molecule has 0 saturated heterocycles. The average molecular weight is 462 g/mol. The van der Waals surface area contributed by atoms with Gasteiger partial charge >= 0.3 is 5.97 Å². The van der Waals surface area contributed by atoms with Gasteiger partial charge in [-0.25, -0.2) is 4.79 Å². The molecule has 178 valence electrons. The highest BCUT2D eigenvalue weighted by molar-refractivity contribution is 5.89. The number of rotatable bonds is 8. The zero-order chi connectivity index (χ0) is 24.1. The molecule has 0 radical (unpaired) electrons. The molecule has 0 spiro atoms. The molecule has 0 fully saturated rings. The minimum absolute atomic E-state index is 0.434. The normalized spacial score (nSPS) is 18.4. The van der Waals surface area contributed by atoms with Gasteiger partial charge in [-0.3, -0.25) is 0 Å². The first-order valence-electron chi connectivity index (χ1n) is 11.5. The highest BCUT2D eigenvalue weighted by atomic mass is 16.6. The summed E-state index contributed by atoms with van der Waals surface area (Å²) in [6, 6.07) is 23.0. The maximum absolute atomic E-state index is 13.0. The molecule has 2 unspecified atom stereocenters. The number of nitrogens with one attached hydrogen (secondary N) is 1. The summed E-state index contributed by atoms with van der Waals surface area (Å²) in [5.74, 6) is 0.968. The lowest BCUT2D eigenvalue weighted by atomic mass is 9.87. The summed E-state index contributed by atoms with van der Waals surface area (Å²) in [6.07, 6.45) is -1.11. The number of esters is 1. The predicted octanol–water partition coefficient (Wildman–Crippen LogP) is 5.78. The molecular formula is C28H31NO5. The molecule has 1 heterocycles. The largest absolute Gasteiger partial charge is 0.497 e. The molecular weight excluding hydrogens is 430 g/mol. The zero-order valence-corrected chi connectivity index (χ0v) is 20.0. The zero-order valence-electron chi connectivity index (χ0n) is 20.0. The molecule has 6 heteroatoms. The summed E-state index contributed by atoms with van der Waals surface area (Å²) in [6.45, 7) is 6.92. The quantitative estimate of drug-likeness (QED) is 0.429. The van der Waals surface area contributed by atoms with Crippen LogP contribution in [0.4, 0.5) is 5.69 Å². The summed E-state index contributed by atoms with van der Waals surface area (Å²) < 4.78 is 23.6. The van der Waals surface area contributed by atoms with Gasteiger partial charge in [-0.05, 0) is 68.8 Å². The second-order valence-corrected chi connectivity index (χ2v) is 8.73. The number of fused-ring (bicyclic) bond motifs is 1. The van der Waals surface area contributed by atoms with Crippen LogP contribution in [0.15, 0.2) is 72.8 Å². The van der Waals surface area contributed by atoms with E-state index in [1.807, 2.05) is 57.2 Å². The van der Waals surface area contributed by atoms with E-state index in [1.54, 1.807) is 31.4 Å². The van der Waals surface area contributed by atoms with Crippen LogP contribution >= 0.6 is 0 Å². The first-order chi connectivity index (χ1) is 16.4. The van der Waals surface area contributed by atoms with E-state index in [0.29, 0.717) is 24.5 Å². The Bertz CT molecular complexity index is 1110. The fourth-order valence-corrected chi connectivity index (χ4v) is 4.11. The molecule has 0 aliphatic carbocycles. The summed E-state index contributed by atoms with van der Waals surface area (Å²) in [5.41, 5.74) is 2.64. The molecule has 3 aromatic carbocycles. The van der Waals surface area contributed by atoms with E-state index >= 15 is 0 Å². The van der Waals surface area contributed by atoms with Crippen LogP contribution in [0, 0.1) is 0 Å². The Morgan fingerprint density at radius 1 is 1.03 bits per heavy atom. The third-order valence-electron chi connectivity index (χ3n) is 5.89. The van der Waals surface area contributed by atoms with Gasteiger partial charge in [0.1, 0.15) is 23.2 Å². The van der Waals surface area contributed by atoms with Crippen molar-refractivity contribution in [1.82, 2.24) is 0 Å². The van der Waals surface area contributed by atoms with Crippen LogP contribution in [0.2, 0.25) is 0 Å². The number of hydrogen-bond donors (Lipinski definition) is 1. The molecule has 0 aromatic heterocycles. The van der Waals surface area contributed by atoms with E-state index in [1.165, 1.54) is 5.56 Å². The van der Waals surface area contributed by atoms with E-state index in [9.17, 15) is 4.79 Å². The third kappa shape index (κ3) is 5.18. The standard InChI is InChI=1S/C28H31NO5/c1-5-32-25-23-17-21(29-18-19-9-7-6-8-10-19)13-16-24(23)34-28(2,3)26(25)33-27(30)20-11-14-22(31-4)15-12-20/h6-17,25-26,29H,5,18H2,1-4H3. The monoisotopic (exact) mass is 461 g/mol. The van der Waals surface area contributed by atoms with Crippen molar-refractivity contribution in [3.63, 3.8) is 0 Å². The smallest absolute Gasteiger partial charge is 0.338 e. The highest BCUT2D eigenvalue weighted by Crippen LogP contribution is 2.44. The first kappa shape index (κ1) is 23.6. The van der Waals surface area contributed by atoms with Crippen LogP contribution in [-0.2, 0) is 16.0 Å². The fourth-order valence-electron chi connectivity index (χ4n) is 4.11. The Kier molecular flexibility index (Phi) is 7.08. The van der Waals surface area contributed by atoms with Gasteiger partial charge < -0.3 is 24.3 Å². The van der Waals surface area contributed by atoms with Gasteiger partial charge in [0, 0.05) is 24.4 Å². The van der Waals surface area contributed by atoms with E-state index in [4.69, 9.17) is 18.9 Å². The SMILES string of the molecule is CCOC1c2cc(NCc3ccccc3)ccc2OC(C)(C)C1OC(=O)c1ccc(OC)cc1. The van der Waals surface area contributed by atoms with Crippen LogP contribution in [-0.4, -0.2) is 31.4 Å². The average Bonchev–Trinajstić information content (AvgIpc) is 2.85. The Labute approximate surface area is 200 Å². The molecule has 1 N–H and O–H groups in total. The van der Waals surface area contributed by atoms with Crippen molar-refractivity contribution in [3.8, 4) is 11.5 Å². The van der Waals surface area contributed by atoms with Crippen molar-refractivity contribution in [3.05, 3.63) is 89.5 Å². The topological polar surface area (TPSA) is 66.0 Å². The highest BCUT2D eigenvalue weighted by Gasteiger charge is 2.47. The van der Waals surface area contributed by atoms with Gasteiger partial charge in [0.05, 0.1) is 12.7 Å². The second kappa shape index (κ2) is 10.2. The maximum Gasteiger partial charge on any atom is 0.338 e. The molecule has 0 amide bonds. The molecule has 0 saturated carbocycles. The molecule has 2 atom stereocenters. The van der Waals surface area contributed by atoms with Crippen molar-refractivity contribution in [2.45, 2.75) is 45.1 Å². The third-order valence-corrected chi connectivity index (χ3v) is 5.89. The van der Waals surface area contributed by atoms with E-state index in [-0.39, 0.29) is 0 Å². The minimum Gasteiger partial charge on any atom is -0.497 e. The van der Waals surface area contributed by atoms with Crippen LogP contribution in [0.25, 0.3) is 0 Å². The maximum atomic E-state index is 13.0. The Balaban J connectivity index is 1.58. The predicted molar refractivity (Wildman–Crippen MR) is 131 cm³/mol. The number of hydrogen-bond acceptors (Lipinski definition) is 6. The summed E-state index contributed by atoms with van der Waals surface area (Å²) >= 11 is 0. The lowest BCUT2D eigenvalue weighted by Gasteiger charge is -2.43. The summed E-state index contributed by atoms with van der Waals surface area (Å²) in [4.78, 5) is 13.0. The van der Waals surface area contributed by atoms with E-state index in [2.05, 4.69) is 17.4 Å². The molecule has 0 bridgehead atoms. The Hall–Kier alpha value is -3.51. The number of carbonyl (C=O) groups is 1. The number of benzene rings is 3. The molecule has 6 nitrogen and oxygen atoms in total. The van der Waals surface area contributed by atoms with Crippen LogP contribution in [0.1, 0.15) is 48.4 Å². The number of methoxy groups -OCH3 is 1. The second-order valence-electron chi connectivity index (χ2n) is 8.73. The molecule has 1 aliphatic rings. The van der Waals surface area contributed by atoms with Gasteiger partial charge in [-0.2, -0.15) is 0 Å². The van der Waals surface area contributed by atoms with E-state index in [0.717, 1.165) is 17.0 Å². The van der Waals surface area contributed by atoms with Gasteiger partial charge in [0.2, 0.25) is 0 Å². The number of anilines is 1. The van der Waals surface area contributed by atoms with Gasteiger partial charge in [0.15, 0.2) is 6.10 Å². The molecule has 4 rings (SSSR count). The summed E-state index contributed by atoms with van der Waals surface area (Å²) in [7, 11) is 1.59. The van der Waals surface area contributed by atoms with Crippen molar-refractivity contribution in [2.75, 3.05) is 19.0 Å². The van der Waals surface area contributed by atoms with Crippen molar-refractivity contribution >= 4 is 11.7 Å². The van der Waals surface area contributed by atoms with Crippen molar-refractivity contribution in [2.24, 2.45) is 0 Å². The Morgan fingerprint density at radius 3 is 2.44 bits per heavy atom. The lowest BCUT2D eigenvalue weighted by molar-refractivity contribution is -0.137. The minimum atomic E-state index is -0.784. The summed E-state index contributed by atoms with van der Waals surface area (Å²) in [5, 5.41) is 3.46. The first-order valence-corrected chi connectivity index (χ1v) is 11.5. The van der Waals surface area contributed by atoms with Gasteiger partial charge in [-0.1, -0.05) is 30.3 Å². The fraction of sp³-hybridized carbons (Fsp3) is 0.321. The van der Waals surface area contributed by atoms with Gasteiger partial charge in [-0.15, -0.1) is 0 Å². The van der Waals surface area contributed by atoms with Gasteiger partial charge in [0.25, 0.3) is 0 Å². The number of carbonyl (C=O) groups excluding carboxylic acids is 1.